The molecule has 0 spiro atoms. The van der Waals surface area contributed by atoms with Crippen LogP contribution >= 0.6 is 12.2 Å². The molecule has 0 saturated heterocycles. The average Bonchev–Trinajstić information content (AvgIpc) is 2.79. The van der Waals surface area contributed by atoms with Crippen molar-refractivity contribution in [1.29, 1.82) is 0 Å². The lowest BCUT2D eigenvalue weighted by Crippen LogP contribution is -2.34. The van der Waals surface area contributed by atoms with Crippen LogP contribution in [0.1, 0.15) is 40.1 Å². The van der Waals surface area contributed by atoms with Gasteiger partial charge in [-0.05, 0) is 62.0 Å². The summed E-state index contributed by atoms with van der Waals surface area (Å²) in [6.07, 6.45) is 0.734. The van der Waals surface area contributed by atoms with Crippen molar-refractivity contribution in [2.75, 3.05) is 11.9 Å². The predicted molar refractivity (Wildman–Crippen MR) is 135 cm³/mol. The van der Waals surface area contributed by atoms with Crippen molar-refractivity contribution < 1.29 is 14.3 Å². The fourth-order valence-electron chi connectivity index (χ4n) is 3.12. The van der Waals surface area contributed by atoms with Gasteiger partial charge in [-0.3, -0.25) is 14.9 Å². The summed E-state index contributed by atoms with van der Waals surface area (Å²) in [5.41, 5.74) is 2.65. The van der Waals surface area contributed by atoms with Crippen molar-refractivity contribution in [1.82, 2.24) is 10.6 Å². The molecule has 0 unspecified atom stereocenters. The fraction of sp³-hybridized carbons (Fsp3) is 0.192. The van der Waals surface area contributed by atoms with Gasteiger partial charge in [0, 0.05) is 23.7 Å². The van der Waals surface area contributed by atoms with Crippen LogP contribution in [0.4, 0.5) is 5.69 Å². The summed E-state index contributed by atoms with van der Waals surface area (Å²) in [6.45, 7) is 4.24. The minimum atomic E-state index is -0.378. The first kappa shape index (κ1) is 23.9. The van der Waals surface area contributed by atoms with E-state index in [1.807, 2.05) is 50.2 Å². The van der Waals surface area contributed by atoms with Gasteiger partial charge in [0.05, 0.1) is 12.2 Å². The SMILES string of the molecule is CC(C)NC(=O)c1cccc(NC(=S)NC(=O)c2ccccc2OCCc2ccccc2)c1. The summed E-state index contributed by atoms with van der Waals surface area (Å²) in [6, 6.07) is 24.0. The van der Waals surface area contributed by atoms with Crippen LogP contribution < -0.4 is 20.7 Å². The van der Waals surface area contributed by atoms with Crippen LogP contribution in [0.2, 0.25) is 0 Å². The Balaban J connectivity index is 1.59. The Labute approximate surface area is 199 Å². The van der Waals surface area contributed by atoms with Gasteiger partial charge in [-0.2, -0.15) is 0 Å². The second kappa shape index (κ2) is 11.8. The topological polar surface area (TPSA) is 79.5 Å². The predicted octanol–water partition coefficient (Wildman–Crippen LogP) is 4.57. The molecule has 0 aliphatic rings. The highest BCUT2D eigenvalue weighted by Gasteiger charge is 2.14. The third-order valence-electron chi connectivity index (χ3n) is 4.65. The zero-order chi connectivity index (χ0) is 23.6. The molecule has 0 radical (unpaired) electrons. The first-order chi connectivity index (χ1) is 15.9. The maximum Gasteiger partial charge on any atom is 0.261 e. The Hall–Kier alpha value is -3.71. The van der Waals surface area contributed by atoms with Gasteiger partial charge in [-0.1, -0.05) is 48.5 Å². The van der Waals surface area contributed by atoms with Gasteiger partial charge in [-0.25, -0.2) is 0 Å². The lowest BCUT2D eigenvalue weighted by Gasteiger charge is -2.14. The van der Waals surface area contributed by atoms with Gasteiger partial charge in [0.25, 0.3) is 11.8 Å². The summed E-state index contributed by atoms with van der Waals surface area (Å²) < 4.78 is 5.87. The van der Waals surface area contributed by atoms with Crippen LogP contribution in [-0.4, -0.2) is 29.6 Å². The molecule has 0 heterocycles. The molecule has 2 amide bonds. The Kier molecular flexibility index (Phi) is 8.55. The van der Waals surface area contributed by atoms with Crippen LogP contribution in [0.5, 0.6) is 5.75 Å². The van der Waals surface area contributed by atoms with E-state index in [-0.39, 0.29) is 23.0 Å². The molecule has 0 bridgehead atoms. The number of hydrogen-bond donors (Lipinski definition) is 3. The molecule has 3 rings (SSSR count). The van der Waals surface area contributed by atoms with Crippen molar-refractivity contribution in [3.63, 3.8) is 0 Å². The monoisotopic (exact) mass is 461 g/mol. The normalized spacial score (nSPS) is 10.4. The second-order valence-electron chi connectivity index (χ2n) is 7.70. The largest absolute Gasteiger partial charge is 0.492 e. The van der Waals surface area contributed by atoms with E-state index in [0.717, 1.165) is 12.0 Å². The van der Waals surface area contributed by atoms with E-state index in [2.05, 4.69) is 16.0 Å². The van der Waals surface area contributed by atoms with E-state index in [1.165, 1.54) is 0 Å². The van der Waals surface area contributed by atoms with Gasteiger partial charge < -0.3 is 15.4 Å². The van der Waals surface area contributed by atoms with E-state index in [4.69, 9.17) is 17.0 Å². The van der Waals surface area contributed by atoms with E-state index in [1.54, 1.807) is 42.5 Å². The van der Waals surface area contributed by atoms with Crippen LogP contribution in [0.15, 0.2) is 78.9 Å². The van der Waals surface area contributed by atoms with Gasteiger partial charge in [0.15, 0.2) is 5.11 Å². The lowest BCUT2D eigenvalue weighted by atomic mass is 10.1. The number of amides is 2. The van der Waals surface area contributed by atoms with Crippen LogP contribution in [-0.2, 0) is 6.42 Å². The standard InChI is InChI=1S/C26H27N3O3S/c1-18(2)27-24(30)20-11-8-12-21(17-20)28-26(33)29-25(31)22-13-6-7-14-23(22)32-16-15-19-9-4-3-5-10-19/h3-14,17-18H,15-16H2,1-2H3,(H,27,30)(H2,28,29,31,33). The van der Waals surface area contributed by atoms with Gasteiger partial charge in [-0.15, -0.1) is 0 Å². The average molecular weight is 462 g/mol. The third-order valence-corrected chi connectivity index (χ3v) is 4.86. The van der Waals surface area contributed by atoms with E-state index < -0.39 is 0 Å². The summed E-state index contributed by atoms with van der Waals surface area (Å²) in [4.78, 5) is 25.0. The van der Waals surface area contributed by atoms with Crippen molar-refractivity contribution in [2.45, 2.75) is 26.3 Å². The first-order valence-electron chi connectivity index (χ1n) is 10.7. The number of carbonyl (C=O) groups excluding carboxylic acids is 2. The molecule has 33 heavy (non-hydrogen) atoms. The number of thiocarbonyl (C=S) groups is 1. The number of anilines is 1. The summed E-state index contributed by atoms with van der Waals surface area (Å²) in [7, 11) is 0. The number of rotatable bonds is 8. The Morgan fingerprint density at radius 2 is 1.64 bits per heavy atom. The molecule has 3 aromatic rings. The van der Waals surface area contributed by atoms with Gasteiger partial charge in [0.1, 0.15) is 5.75 Å². The van der Waals surface area contributed by atoms with Crippen LogP contribution in [0, 0.1) is 0 Å². The maximum absolute atomic E-state index is 12.8. The molecule has 3 aromatic carbocycles. The number of carbonyl (C=O) groups is 2. The first-order valence-corrected chi connectivity index (χ1v) is 11.1. The van der Waals surface area contributed by atoms with Crippen LogP contribution in [0.3, 0.4) is 0 Å². The molecular formula is C26H27N3O3S. The maximum atomic E-state index is 12.8. The minimum absolute atomic E-state index is 0.0319. The second-order valence-corrected chi connectivity index (χ2v) is 8.11. The molecule has 0 fully saturated rings. The number of para-hydroxylation sites is 1. The fourth-order valence-corrected chi connectivity index (χ4v) is 3.33. The molecule has 170 valence electrons. The van der Waals surface area contributed by atoms with Crippen molar-refractivity contribution >= 4 is 34.8 Å². The lowest BCUT2D eigenvalue weighted by molar-refractivity contribution is 0.0940. The summed E-state index contributed by atoms with van der Waals surface area (Å²) >= 11 is 5.30. The number of benzene rings is 3. The van der Waals surface area contributed by atoms with Crippen LogP contribution in [0.25, 0.3) is 0 Å². The van der Waals surface area contributed by atoms with Crippen molar-refractivity contribution in [3.05, 3.63) is 95.6 Å². The molecule has 0 saturated carbocycles. The van der Waals surface area contributed by atoms with Crippen molar-refractivity contribution in [3.8, 4) is 5.75 Å². The number of ether oxygens (including phenoxy) is 1. The quantitative estimate of drug-likeness (QED) is 0.428. The highest BCUT2D eigenvalue weighted by Crippen LogP contribution is 2.18. The Morgan fingerprint density at radius 3 is 2.39 bits per heavy atom. The molecule has 0 aliphatic carbocycles. The molecule has 6 nitrogen and oxygen atoms in total. The third kappa shape index (κ3) is 7.43. The van der Waals surface area contributed by atoms with E-state index in [9.17, 15) is 9.59 Å². The molecule has 0 atom stereocenters. The Morgan fingerprint density at radius 1 is 0.909 bits per heavy atom. The van der Waals surface area contributed by atoms with E-state index in [0.29, 0.717) is 29.2 Å². The summed E-state index contributed by atoms with van der Waals surface area (Å²) in [5, 5.41) is 8.60. The highest BCUT2D eigenvalue weighted by atomic mass is 32.1. The zero-order valence-corrected chi connectivity index (χ0v) is 19.4. The smallest absolute Gasteiger partial charge is 0.261 e. The number of hydrogen-bond acceptors (Lipinski definition) is 4. The van der Waals surface area contributed by atoms with Gasteiger partial charge >= 0.3 is 0 Å². The van der Waals surface area contributed by atoms with Crippen molar-refractivity contribution in [2.24, 2.45) is 0 Å². The molecular weight excluding hydrogens is 434 g/mol. The van der Waals surface area contributed by atoms with Gasteiger partial charge in [0.2, 0.25) is 0 Å². The molecule has 3 N–H and O–H groups in total. The van der Waals surface area contributed by atoms with E-state index >= 15 is 0 Å². The Bertz CT molecular complexity index is 1120. The number of nitrogens with one attached hydrogen (secondary N) is 3. The minimum Gasteiger partial charge on any atom is -0.492 e. The summed E-state index contributed by atoms with van der Waals surface area (Å²) in [5.74, 6) is -0.0669. The molecule has 0 aliphatic heterocycles. The molecule has 0 aromatic heterocycles. The molecule has 7 heteroatoms. The highest BCUT2D eigenvalue weighted by molar-refractivity contribution is 7.80. The zero-order valence-electron chi connectivity index (χ0n) is 18.6.